The fourth-order valence-electron chi connectivity index (χ4n) is 0.892. The minimum atomic E-state index is -2.81. The van der Waals surface area contributed by atoms with Crippen LogP contribution in [0.1, 0.15) is 20.8 Å². The third kappa shape index (κ3) is 10.5. The highest BCUT2D eigenvalue weighted by atomic mass is 32.2. The molecule has 1 atom stereocenters. The van der Waals surface area contributed by atoms with Crippen LogP contribution in [0.4, 0.5) is 0 Å². The maximum atomic E-state index is 10.8. The van der Waals surface area contributed by atoms with Gasteiger partial charge in [-0.3, -0.25) is 0 Å². The van der Waals surface area contributed by atoms with Gasteiger partial charge in [-0.15, -0.1) is 0 Å². The zero-order chi connectivity index (χ0) is 11.9. The van der Waals surface area contributed by atoms with Gasteiger partial charge in [-0.05, 0) is 5.92 Å². The van der Waals surface area contributed by atoms with E-state index in [9.17, 15) is 8.42 Å². The molecule has 0 aliphatic rings. The summed E-state index contributed by atoms with van der Waals surface area (Å²) in [7, 11) is -2.81. The molecule has 0 saturated heterocycles. The Bertz CT molecular complexity index is 250. The topological polar surface area (TPSA) is 46.2 Å². The summed E-state index contributed by atoms with van der Waals surface area (Å²) in [5, 5.41) is 3.80. The van der Waals surface area contributed by atoms with E-state index >= 15 is 0 Å². The van der Waals surface area contributed by atoms with Crippen LogP contribution >= 0.6 is 11.8 Å². The van der Waals surface area contributed by atoms with Crippen LogP contribution in [-0.4, -0.2) is 44.5 Å². The molecule has 1 unspecified atom stereocenters. The van der Waals surface area contributed by atoms with Crippen molar-refractivity contribution in [3.8, 4) is 0 Å². The minimum absolute atomic E-state index is 0.234. The van der Waals surface area contributed by atoms with Gasteiger partial charge in [0.05, 0.1) is 5.75 Å². The van der Waals surface area contributed by atoms with E-state index in [1.54, 1.807) is 0 Å². The molecular formula is C10H23NO2S2. The summed E-state index contributed by atoms with van der Waals surface area (Å²) in [6, 6.07) is 0. The molecule has 0 aromatic carbocycles. The Balaban J connectivity index is 3.33. The molecule has 0 aromatic heterocycles. The molecule has 0 bridgehead atoms. The fourth-order valence-corrected chi connectivity index (χ4v) is 2.43. The first kappa shape index (κ1) is 15.3. The quantitative estimate of drug-likeness (QED) is 0.664. The molecule has 0 aliphatic heterocycles. The molecule has 0 saturated carbocycles. The molecule has 0 aromatic rings. The summed E-state index contributed by atoms with van der Waals surface area (Å²) < 4.78 is 21.6. The van der Waals surface area contributed by atoms with E-state index in [1.165, 1.54) is 6.26 Å². The minimum Gasteiger partial charge on any atom is -0.315 e. The molecule has 5 heteroatoms. The Kier molecular flexibility index (Phi) is 7.65. The maximum Gasteiger partial charge on any atom is 0.148 e. The first-order valence-corrected chi connectivity index (χ1v) is 8.44. The van der Waals surface area contributed by atoms with Crippen LogP contribution < -0.4 is 5.32 Å². The van der Waals surface area contributed by atoms with Gasteiger partial charge in [-0.2, -0.15) is 11.8 Å². The highest BCUT2D eigenvalue weighted by Gasteiger charge is 2.06. The summed E-state index contributed by atoms with van der Waals surface area (Å²) in [5.74, 6) is 1.98. The van der Waals surface area contributed by atoms with Gasteiger partial charge < -0.3 is 5.32 Å². The van der Waals surface area contributed by atoms with Crippen LogP contribution in [-0.2, 0) is 9.84 Å². The molecule has 92 valence electrons. The lowest BCUT2D eigenvalue weighted by Gasteiger charge is -2.14. The van der Waals surface area contributed by atoms with Crippen molar-refractivity contribution < 1.29 is 8.42 Å². The average Bonchev–Trinajstić information content (AvgIpc) is 2.08. The Hall–Kier alpha value is 0.260. The summed E-state index contributed by atoms with van der Waals surface area (Å²) in [6.07, 6.45) is 1.27. The smallest absolute Gasteiger partial charge is 0.148 e. The summed E-state index contributed by atoms with van der Waals surface area (Å²) in [5.41, 5.74) is 0. The van der Waals surface area contributed by atoms with Gasteiger partial charge in [-0.25, -0.2) is 8.42 Å². The third-order valence-electron chi connectivity index (χ3n) is 2.25. The second-order valence-corrected chi connectivity index (χ2v) is 7.94. The van der Waals surface area contributed by atoms with Crippen molar-refractivity contribution in [1.82, 2.24) is 5.32 Å². The molecule has 0 radical (unpaired) electrons. The maximum absolute atomic E-state index is 10.8. The van der Waals surface area contributed by atoms with Crippen LogP contribution in [0.3, 0.4) is 0 Å². The number of nitrogens with one attached hydrogen (secondary N) is 1. The Morgan fingerprint density at radius 1 is 1.20 bits per heavy atom. The van der Waals surface area contributed by atoms with Crippen LogP contribution in [0, 0.1) is 5.92 Å². The standard InChI is InChI=1S/C10H23NO2S2/c1-9(2)10(3)14-7-5-11-6-8-15(4,12)13/h9-11H,5-8H2,1-4H3. The number of sulfone groups is 1. The molecule has 0 fully saturated rings. The number of hydrogen-bond acceptors (Lipinski definition) is 4. The number of rotatable bonds is 8. The van der Waals surface area contributed by atoms with Gasteiger partial charge >= 0.3 is 0 Å². The van der Waals surface area contributed by atoms with Crippen LogP contribution in [0.25, 0.3) is 0 Å². The zero-order valence-electron chi connectivity index (χ0n) is 10.1. The second kappa shape index (κ2) is 7.52. The summed E-state index contributed by atoms with van der Waals surface area (Å²) in [4.78, 5) is 0. The van der Waals surface area contributed by atoms with E-state index in [2.05, 4.69) is 26.1 Å². The van der Waals surface area contributed by atoms with E-state index < -0.39 is 9.84 Å². The zero-order valence-corrected chi connectivity index (χ0v) is 11.7. The van der Waals surface area contributed by atoms with Gasteiger partial charge in [-0.1, -0.05) is 20.8 Å². The number of thioether (sulfide) groups is 1. The van der Waals surface area contributed by atoms with Crippen molar-refractivity contribution in [1.29, 1.82) is 0 Å². The highest BCUT2D eigenvalue weighted by Crippen LogP contribution is 2.17. The van der Waals surface area contributed by atoms with E-state index in [4.69, 9.17) is 0 Å². The van der Waals surface area contributed by atoms with Crippen molar-refractivity contribution in [2.75, 3.05) is 30.9 Å². The predicted octanol–water partition coefficient (Wildman–Crippen LogP) is 1.40. The molecule has 3 nitrogen and oxygen atoms in total. The largest absolute Gasteiger partial charge is 0.315 e. The monoisotopic (exact) mass is 253 g/mol. The third-order valence-corrected chi connectivity index (χ3v) is 4.70. The predicted molar refractivity (Wildman–Crippen MR) is 69.3 cm³/mol. The Labute approximate surface area is 98.3 Å². The van der Waals surface area contributed by atoms with Crippen LogP contribution in [0.15, 0.2) is 0 Å². The van der Waals surface area contributed by atoms with Crippen molar-refractivity contribution in [3.05, 3.63) is 0 Å². The molecule has 15 heavy (non-hydrogen) atoms. The molecule has 0 rings (SSSR count). The molecule has 0 heterocycles. The van der Waals surface area contributed by atoms with E-state index in [1.807, 2.05) is 11.8 Å². The molecule has 0 aliphatic carbocycles. The van der Waals surface area contributed by atoms with Crippen molar-refractivity contribution in [2.24, 2.45) is 5.92 Å². The Morgan fingerprint density at radius 2 is 1.80 bits per heavy atom. The van der Waals surface area contributed by atoms with E-state index in [-0.39, 0.29) is 5.75 Å². The molecule has 0 spiro atoms. The number of hydrogen-bond donors (Lipinski definition) is 1. The van der Waals surface area contributed by atoms with Crippen LogP contribution in [0.2, 0.25) is 0 Å². The van der Waals surface area contributed by atoms with Gasteiger partial charge in [0.1, 0.15) is 9.84 Å². The lowest BCUT2D eigenvalue weighted by molar-refractivity contribution is 0.598. The van der Waals surface area contributed by atoms with Gasteiger partial charge in [0.2, 0.25) is 0 Å². The summed E-state index contributed by atoms with van der Waals surface area (Å²) in [6.45, 7) is 8.11. The molecular weight excluding hydrogens is 230 g/mol. The van der Waals surface area contributed by atoms with Crippen molar-refractivity contribution in [3.63, 3.8) is 0 Å². The average molecular weight is 253 g/mol. The Morgan fingerprint density at radius 3 is 2.27 bits per heavy atom. The summed E-state index contributed by atoms with van der Waals surface area (Å²) >= 11 is 1.93. The van der Waals surface area contributed by atoms with Crippen molar-refractivity contribution >= 4 is 21.6 Å². The second-order valence-electron chi connectivity index (χ2n) is 4.20. The highest BCUT2D eigenvalue weighted by molar-refractivity contribution is 7.99. The van der Waals surface area contributed by atoms with Gasteiger partial charge in [0, 0.05) is 30.3 Å². The SMILES string of the molecule is CC(C)C(C)SCCNCCS(C)(=O)=O. The molecule has 1 N–H and O–H groups in total. The van der Waals surface area contributed by atoms with Gasteiger partial charge in [0.25, 0.3) is 0 Å². The van der Waals surface area contributed by atoms with E-state index in [0.29, 0.717) is 17.7 Å². The van der Waals surface area contributed by atoms with Crippen molar-refractivity contribution in [2.45, 2.75) is 26.0 Å². The van der Waals surface area contributed by atoms with Crippen LogP contribution in [0.5, 0.6) is 0 Å². The normalized spacial score (nSPS) is 14.5. The molecule has 0 amide bonds. The lowest BCUT2D eigenvalue weighted by atomic mass is 10.2. The van der Waals surface area contributed by atoms with E-state index in [0.717, 1.165) is 12.3 Å². The first-order chi connectivity index (χ1) is 6.83. The lowest BCUT2D eigenvalue weighted by Crippen LogP contribution is -2.25. The van der Waals surface area contributed by atoms with Gasteiger partial charge in [0.15, 0.2) is 0 Å². The first-order valence-electron chi connectivity index (χ1n) is 5.33. The fraction of sp³-hybridized carbons (Fsp3) is 1.00.